The van der Waals surface area contributed by atoms with Gasteiger partial charge in [-0.2, -0.15) is 4.72 Å². The highest BCUT2D eigenvalue weighted by atomic mass is 32.2. The molecule has 0 saturated heterocycles. The van der Waals surface area contributed by atoms with E-state index in [1.165, 1.54) is 13.2 Å². The SMILES string of the molecule is COc1ccc(C)cc1S(=O)(=O)N[C@@H](Cc1ccccc1)C(=O)Nc1c(C)cccc1C(C)C. The average molecular weight is 481 g/mol. The van der Waals surface area contributed by atoms with Crippen LogP contribution in [0.3, 0.4) is 0 Å². The number of ether oxygens (including phenoxy) is 1. The van der Waals surface area contributed by atoms with Gasteiger partial charge in [0.2, 0.25) is 15.9 Å². The van der Waals surface area contributed by atoms with Gasteiger partial charge in [0.15, 0.2) is 0 Å². The fourth-order valence-corrected chi connectivity index (χ4v) is 5.28. The van der Waals surface area contributed by atoms with Crippen LogP contribution in [0.2, 0.25) is 0 Å². The lowest BCUT2D eigenvalue weighted by molar-refractivity contribution is -0.117. The molecule has 1 atom stereocenters. The third-order valence-corrected chi connectivity index (χ3v) is 7.17. The van der Waals surface area contributed by atoms with Gasteiger partial charge in [0, 0.05) is 5.69 Å². The summed E-state index contributed by atoms with van der Waals surface area (Å²) in [6, 6.07) is 19.1. The standard InChI is InChI=1S/C27H32N2O4S/c1-18(2)22-13-9-10-20(4)26(22)28-27(30)23(17-21-11-7-6-8-12-21)29-34(31,32)25-16-19(3)14-15-24(25)33-5/h6-16,18,23,29H,17H2,1-5H3,(H,28,30)/t23-/m0/s1. The molecule has 0 aromatic heterocycles. The van der Waals surface area contributed by atoms with Crippen LogP contribution in [0.25, 0.3) is 0 Å². The van der Waals surface area contributed by atoms with E-state index < -0.39 is 22.0 Å². The van der Waals surface area contributed by atoms with E-state index >= 15 is 0 Å². The molecule has 2 N–H and O–H groups in total. The van der Waals surface area contributed by atoms with E-state index in [2.05, 4.69) is 23.9 Å². The molecule has 3 rings (SSSR count). The zero-order valence-electron chi connectivity index (χ0n) is 20.3. The quantitative estimate of drug-likeness (QED) is 0.453. The Morgan fingerprint density at radius 1 is 0.971 bits per heavy atom. The Morgan fingerprint density at radius 2 is 1.68 bits per heavy atom. The summed E-state index contributed by atoms with van der Waals surface area (Å²) in [5.41, 5.74) is 4.24. The Morgan fingerprint density at radius 3 is 2.32 bits per heavy atom. The smallest absolute Gasteiger partial charge is 0.245 e. The van der Waals surface area contributed by atoms with Gasteiger partial charge in [0.1, 0.15) is 16.7 Å². The summed E-state index contributed by atoms with van der Waals surface area (Å²) in [6.07, 6.45) is 0.197. The van der Waals surface area contributed by atoms with Gasteiger partial charge in [-0.25, -0.2) is 8.42 Å². The maximum Gasteiger partial charge on any atom is 0.245 e. The third-order valence-electron chi connectivity index (χ3n) is 5.68. The molecule has 0 saturated carbocycles. The molecule has 0 spiro atoms. The molecule has 0 aliphatic rings. The van der Waals surface area contributed by atoms with Crippen LogP contribution in [0.4, 0.5) is 5.69 Å². The first-order valence-corrected chi connectivity index (χ1v) is 12.7. The van der Waals surface area contributed by atoms with Crippen molar-refractivity contribution < 1.29 is 17.9 Å². The van der Waals surface area contributed by atoms with E-state index in [4.69, 9.17) is 4.74 Å². The number of rotatable bonds is 9. The highest BCUT2D eigenvalue weighted by Crippen LogP contribution is 2.28. The monoisotopic (exact) mass is 480 g/mol. The van der Waals surface area contributed by atoms with Gasteiger partial charge < -0.3 is 10.1 Å². The maximum atomic E-state index is 13.5. The predicted octanol–water partition coefficient (Wildman–Crippen LogP) is 4.96. The summed E-state index contributed by atoms with van der Waals surface area (Å²) in [7, 11) is -2.63. The minimum Gasteiger partial charge on any atom is -0.495 e. The Bertz CT molecular complexity index is 1250. The molecule has 34 heavy (non-hydrogen) atoms. The molecule has 0 fully saturated rings. The summed E-state index contributed by atoms with van der Waals surface area (Å²) < 4.78 is 34.7. The van der Waals surface area contributed by atoms with Crippen molar-refractivity contribution in [1.82, 2.24) is 4.72 Å². The molecule has 0 unspecified atom stereocenters. The van der Waals surface area contributed by atoms with Crippen molar-refractivity contribution in [3.63, 3.8) is 0 Å². The second kappa shape index (κ2) is 10.8. The van der Waals surface area contributed by atoms with Gasteiger partial charge in [-0.05, 0) is 60.6 Å². The fraction of sp³-hybridized carbons (Fsp3) is 0.296. The molecule has 0 heterocycles. The first-order valence-electron chi connectivity index (χ1n) is 11.2. The van der Waals surface area contributed by atoms with Crippen LogP contribution in [0.1, 0.15) is 42.0 Å². The van der Waals surface area contributed by atoms with Crippen LogP contribution in [0, 0.1) is 13.8 Å². The molecule has 3 aromatic rings. The minimum absolute atomic E-state index is 0.000349. The predicted molar refractivity (Wildman–Crippen MR) is 136 cm³/mol. The minimum atomic E-state index is -4.05. The number of amides is 1. The summed E-state index contributed by atoms with van der Waals surface area (Å²) in [5, 5.41) is 3.00. The number of nitrogens with one attached hydrogen (secondary N) is 2. The number of aryl methyl sites for hydroxylation is 2. The number of carbonyl (C=O) groups is 1. The van der Waals surface area contributed by atoms with E-state index in [0.717, 1.165) is 22.3 Å². The molecule has 0 aliphatic heterocycles. The van der Waals surface area contributed by atoms with Crippen LogP contribution < -0.4 is 14.8 Å². The van der Waals surface area contributed by atoms with Crippen LogP contribution in [0.5, 0.6) is 5.75 Å². The Labute approximate surface area is 202 Å². The van der Waals surface area contributed by atoms with Crippen LogP contribution in [-0.4, -0.2) is 27.5 Å². The number of benzene rings is 3. The summed E-state index contributed by atoms with van der Waals surface area (Å²) in [5.74, 6) is -0.00997. The molecular weight excluding hydrogens is 448 g/mol. The molecule has 6 nitrogen and oxygen atoms in total. The number of carbonyl (C=O) groups excluding carboxylic acids is 1. The molecular formula is C27H32N2O4S. The summed E-state index contributed by atoms with van der Waals surface area (Å²) in [4.78, 5) is 13.5. The highest BCUT2D eigenvalue weighted by molar-refractivity contribution is 7.89. The van der Waals surface area contributed by atoms with Gasteiger partial charge in [0.25, 0.3) is 0 Å². The largest absolute Gasteiger partial charge is 0.495 e. The lowest BCUT2D eigenvalue weighted by Crippen LogP contribution is -2.45. The van der Waals surface area contributed by atoms with Gasteiger partial charge in [-0.15, -0.1) is 0 Å². The third kappa shape index (κ3) is 6.04. The Hall–Kier alpha value is -3.16. The zero-order chi connectivity index (χ0) is 24.9. The van der Waals surface area contributed by atoms with E-state index in [-0.39, 0.29) is 23.0 Å². The molecule has 0 radical (unpaired) electrons. The highest BCUT2D eigenvalue weighted by Gasteiger charge is 2.29. The number of methoxy groups -OCH3 is 1. The van der Waals surface area contributed by atoms with E-state index in [9.17, 15) is 13.2 Å². The second-order valence-electron chi connectivity index (χ2n) is 8.70. The van der Waals surface area contributed by atoms with Crippen LogP contribution in [0.15, 0.2) is 71.6 Å². The van der Waals surface area contributed by atoms with Gasteiger partial charge in [-0.1, -0.05) is 68.4 Å². The van der Waals surface area contributed by atoms with E-state index in [1.54, 1.807) is 19.1 Å². The second-order valence-corrected chi connectivity index (χ2v) is 10.4. The molecule has 0 bridgehead atoms. The molecule has 7 heteroatoms. The summed E-state index contributed by atoms with van der Waals surface area (Å²) in [6.45, 7) is 7.84. The van der Waals surface area contributed by atoms with Crippen molar-refractivity contribution in [3.05, 3.63) is 89.0 Å². The van der Waals surface area contributed by atoms with Crippen molar-refractivity contribution in [3.8, 4) is 5.75 Å². The molecule has 1 amide bonds. The lowest BCUT2D eigenvalue weighted by atomic mass is 9.97. The molecule has 0 aliphatic carbocycles. The first-order chi connectivity index (χ1) is 16.1. The number of para-hydroxylation sites is 1. The Kier molecular flexibility index (Phi) is 8.12. The van der Waals surface area contributed by atoms with Crippen molar-refractivity contribution in [2.24, 2.45) is 0 Å². The van der Waals surface area contributed by atoms with Crippen molar-refractivity contribution in [1.29, 1.82) is 0 Å². The van der Waals surface area contributed by atoms with Crippen molar-refractivity contribution in [2.45, 2.75) is 51.0 Å². The number of sulfonamides is 1. The fourth-order valence-electron chi connectivity index (χ4n) is 3.84. The summed E-state index contributed by atoms with van der Waals surface area (Å²) >= 11 is 0. The first kappa shape index (κ1) is 25.5. The number of hydrogen-bond acceptors (Lipinski definition) is 4. The van der Waals surface area contributed by atoms with Crippen molar-refractivity contribution >= 4 is 21.6 Å². The van der Waals surface area contributed by atoms with Gasteiger partial charge in [-0.3, -0.25) is 4.79 Å². The number of anilines is 1. The van der Waals surface area contributed by atoms with Crippen molar-refractivity contribution in [2.75, 3.05) is 12.4 Å². The number of hydrogen-bond donors (Lipinski definition) is 2. The van der Waals surface area contributed by atoms with Gasteiger partial charge in [0.05, 0.1) is 7.11 Å². The normalized spacial score (nSPS) is 12.4. The van der Waals surface area contributed by atoms with E-state index in [1.807, 2.05) is 55.5 Å². The molecule has 180 valence electrons. The topological polar surface area (TPSA) is 84.5 Å². The van der Waals surface area contributed by atoms with E-state index in [0.29, 0.717) is 5.69 Å². The molecule has 3 aromatic carbocycles. The zero-order valence-corrected chi connectivity index (χ0v) is 21.1. The van der Waals surface area contributed by atoms with Gasteiger partial charge >= 0.3 is 0 Å². The van der Waals surface area contributed by atoms with Crippen LogP contribution in [-0.2, 0) is 21.2 Å². The lowest BCUT2D eigenvalue weighted by Gasteiger charge is -2.22. The Balaban J connectivity index is 1.98. The average Bonchev–Trinajstić information content (AvgIpc) is 2.80. The van der Waals surface area contributed by atoms with Crippen LogP contribution >= 0.6 is 0 Å². The maximum absolute atomic E-state index is 13.5.